The van der Waals surface area contributed by atoms with Crippen LogP contribution in [0, 0.1) is 0 Å². The van der Waals surface area contributed by atoms with E-state index in [4.69, 9.17) is 9.84 Å². The van der Waals surface area contributed by atoms with E-state index in [9.17, 15) is 9.59 Å². The van der Waals surface area contributed by atoms with E-state index in [2.05, 4.69) is 5.32 Å². The van der Waals surface area contributed by atoms with Crippen molar-refractivity contribution >= 4 is 17.7 Å². The molecule has 108 valence electrons. The lowest BCUT2D eigenvalue weighted by molar-refractivity contribution is -0.137. The van der Waals surface area contributed by atoms with Crippen molar-refractivity contribution in [1.82, 2.24) is 5.32 Å². The summed E-state index contributed by atoms with van der Waals surface area (Å²) in [6.45, 7) is 1.00. The van der Waals surface area contributed by atoms with Crippen LogP contribution in [-0.4, -0.2) is 37.3 Å². The summed E-state index contributed by atoms with van der Waals surface area (Å²) in [7, 11) is 1.61. The zero-order chi connectivity index (χ0) is 14.5. The Hall–Kier alpha value is -2.24. The lowest BCUT2D eigenvalue weighted by Crippen LogP contribution is -2.39. The SMILES string of the molecule is COc1ccc2c(c1)CCN2C(=O)NCCCC(=O)O. The fourth-order valence-corrected chi connectivity index (χ4v) is 2.25. The van der Waals surface area contributed by atoms with Crippen LogP contribution in [-0.2, 0) is 11.2 Å². The van der Waals surface area contributed by atoms with Gasteiger partial charge in [-0.15, -0.1) is 0 Å². The topological polar surface area (TPSA) is 78.9 Å². The standard InChI is InChI=1S/C14H18N2O4/c1-20-11-4-5-12-10(9-11)6-8-16(12)14(19)15-7-2-3-13(17)18/h4-5,9H,2-3,6-8H2,1H3,(H,15,19)(H,17,18). The second-order valence-corrected chi connectivity index (χ2v) is 4.63. The van der Waals surface area contributed by atoms with Crippen LogP contribution < -0.4 is 15.0 Å². The van der Waals surface area contributed by atoms with Crippen molar-refractivity contribution < 1.29 is 19.4 Å². The molecule has 0 bridgehead atoms. The van der Waals surface area contributed by atoms with Gasteiger partial charge in [0.1, 0.15) is 5.75 Å². The van der Waals surface area contributed by atoms with Gasteiger partial charge in [0.05, 0.1) is 7.11 Å². The first-order valence-electron chi connectivity index (χ1n) is 6.56. The normalized spacial score (nSPS) is 12.9. The number of benzene rings is 1. The Morgan fingerprint density at radius 3 is 2.95 bits per heavy atom. The number of carbonyl (C=O) groups is 2. The summed E-state index contributed by atoms with van der Waals surface area (Å²) in [6.07, 6.45) is 1.30. The number of fused-ring (bicyclic) bond motifs is 1. The molecule has 0 atom stereocenters. The van der Waals surface area contributed by atoms with Crippen LogP contribution in [0.3, 0.4) is 0 Å². The number of methoxy groups -OCH3 is 1. The third-order valence-corrected chi connectivity index (χ3v) is 3.27. The molecule has 2 N–H and O–H groups in total. The van der Waals surface area contributed by atoms with E-state index in [0.29, 0.717) is 19.5 Å². The maximum absolute atomic E-state index is 12.0. The predicted octanol–water partition coefficient (Wildman–Crippen LogP) is 1.63. The molecule has 1 heterocycles. The van der Waals surface area contributed by atoms with Gasteiger partial charge in [0.25, 0.3) is 0 Å². The van der Waals surface area contributed by atoms with E-state index in [-0.39, 0.29) is 12.5 Å². The molecule has 1 aromatic rings. The minimum absolute atomic E-state index is 0.0636. The van der Waals surface area contributed by atoms with E-state index in [0.717, 1.165) is 23.4 Å². The van der Waals surface area contributed by atoms with Gasteiger partial charge in [-0.25, -0.2) is 4.79 Å². The zero-order valence-corrected chi connectivity index (χ0v) is 11.4. The molecule has 0 spiro atoms. The number of nitrogens with zero attached hydrogens (tertiary/aromatic N) is 1. The molecule has 1 aliphatic rings. The van der Waals surface area contributed by atoms with Crippen LogP contribution in [0.5, 0.6) is 5.75 Å². The number of hydrogen-bond donors (Lipinski definition) is 2. The molecule has 0 saturated carbocycles. The summed E-state index contributed by atoms with van der Waals surface area (Å²) in [5.41, 5.74) is 1.98. The smallest absolute Gasteiger partial charge is 0.321 e. The molecular weight excluding hydrogens is 260 g/mol. The van der Waals surface area contributed by atoms with Crippen LogP contribution in [0.4, 0.5) is 10.5 Å². The lowest BCUT2D eigenvalue weighted by atomic mass is 10.1. The van der Waals surface area contributed by atoms with Crippen molar-refractivity contribution in [2.24, 2.45) is 0 Å². The summed E-state index contributed by atoms with van der Waals surface area (Å²) in [5, 5.41) is 11.3. The molecule has 2 amide bonds. The molecule has 0 aromatic heterocycles. The van der Waals surface area contributed by atoms with Crippen molar-refractivity contribution in [3.05, 3.63) is 23.8 Å². The second-order valence-electron chi connectivity index (χ2n) is 4.63. The minimum Gasteiger partial charge on any atom is -0.497 e. The number of amides is 2. The average Bonchev–Trinajstić information content (AvgIpc) is 2.86. The van der Waals surface area contributed by atoms with Crippen LogP contribution >= 0.6 is 0 Å². The highest BCUT2D eigenvalue weighted by Crippen LogP contribution is 2.31. The quantitative estimate of drug-likeness (QED) is 0.802. The van der Waals surface area contributed by atoms with Gasteiger partial charge >= 0.3 is 12.0 Å². The Labute approximate surface area is 117 Å². The molecule has 6 nitrogen and oxygen atoms in total. The third kappa shape index (κ3) is 3.20. The maximum atomic E-state index is 12.0. The van der Waals surface area contributed by atoms with Gasteiger partial charge in [-0.2, -0.15) is 0 Å². The Balaban J connectivity index is 1.92. The summed E-state index contributed by atoms with van der Waals surface area (Å²) >= 11 is 0. The van der Waals surface area contributed by atoms with E-state index in [1.54, 1.807) is 12.0 Å². The molecule has 0 saturated heterocycles. The Bertz CT molecular complexity index is 516. The molecule has 0 radical (unpaired) electrons. The van der Waals surface area contributed by atoms with E-state index >= 15 is 0 Å². The van der Waals surface area contributed by atoms with Crippen LogP contribution in [0.15, 0.2) is 18.2 Å². The number of rotatable bonds is 5. The minimum atomic E-state index is -0.849. The van der Waals surface area contributed by atoms with Crippen LogP contribution in [0.2, 0.25) is 0 Å². The molecule has 0 fully saturated rings. The highest BCUT2D eigenvalue weighted by atomic mass is 16.5. The first-order chi connectivity index (χ1) is 9.61. The molecule has 20 heavy (non-hydrogen) atoms. The zero-order valence-electron chi connectivity index (χ0n) is 11.4. The third-order valence-electron chi connectivity index (χ3n) is 3.27. The maximum Gasteiger partial charge on any atom is 0.321 e. The van der Waals surface area contributed by atoms with Gasteiger partial charge in [0, 0.05) is 25.2 Å². The highest BCUT2D eigenvalue weighted by Gasteiger charge is 2.24. The fourth-order valence-electron chi connectivity index (χ4n) is 2.25. The second kappa shape index (κ2) is 6.27. The van der Waals surface area contributed by atoms with Gasteiger partial charge in [-0.1, -0.05) is 0 Å². The van der Waals surface area contributed by atoms with Gasteiger partial charge in [-0.05, 0) is 36.6 Å². The molecule has 1 aliphatic heterocycles. The van der Waals surface area contributed by atoms with Crippen molar-refractivity contribution in [3.63, 3.8) is 0 Å². The number of ether oxygens (including phenoxy) is 1. The van der Waals surface area contributed by atoms with Gasteiger partial charge < -0.3 is 15.2 Å². The fraction of sp³-hybridized carbons (Fsp3) is 0.429. The molecule has 6 heteroatoms. The number of carboxylic acid groups (broad SMARTS) is 1. The predicted molar refractivity (Wildman–Crippen MR) is 74.3 cm³/mol. The summed E-state index contributed by atoms with van der Waals surface area (Å²) in [6, 6.07) is 5.46. The molecule has 1 aromatic carbocycles. The van der Waals surface area contributed by atoms with Gasteiger partial charge in [-0.3, -0.25) is 9.69 Å². The number of carboxylic acids is 1. The first kappa shape index (κ1) is 14.2. The van der Waals surface area contributed by atoms with Crippen LogP contribution in [0.1, 0.15) is 18.4 Å². The summed E-state index contributed by atoms with van der Waals surface area (Å²) in [4.78, 5) is 24.1. The number of anilines is 1. The van der Waals surface area contributed by atoms with E-state index < -0.39 is 5.97 Å². The van der Waals surface area contributed by atoms with Gasteiger partial charge in [0.2, 0.25) is 0 Å². The number of carbonyl (C=O) groups excluding carboxylic acids is 1. The van der Waals surface area contributed by atoms with Crippen LogP contribution in [0.25, 0.3) is 0 Å². The number of nitrogens with one attached hydrogen (secondary N) is 1. The summed E-state index contributed by atoms with van der Waals surface area (Å²) < 4.78 is 5.16. The largest absolute Gasteiger partial charge is 0.497 e. The Morgan fingerprint density at radius 1 is 1.45 bits per heavy atom. The van der Waals surface area contributed by atoms with Crippen molar-refractivity contribution in [2.45, 2.75) is 19.3 Å². The number of aliphatic carboxylic acids is 1. The Kier molecular flexibility index (Phi) is 4.45. The Morgan fingerprint density at radius 2 is 2.25 bits per heavy atom. The molecule has 0 unspecified atom stereocenters. The van der Waals surface area contributed by atoms with Crippen molar-refractivity contribution in [1.29, 1.82) is 0 Å². The van der Waals surface area contributed by atoms with E-state index in [1.807, 2.05) is 18.2 Å². The molecule has 2 rings (SSSR count). The highest BCUT2D eigenvalue weighted by molar-refractivity contribution is 5.94. The molecule has 0 aliphatic carbocycles. The lowest BCUT2D eigenvalue weighted by Gasteiger charge is -2.18. The van der Waals surface area contributed by atoms with Crippen molar-refractivity contribution in [2.75, 3.05) is 25.1 Å². The number of urea groups is 1. The first-order valence-corrected chi connectivity index (χ1v) is 6.56. The van der Waals surface area contributed by atoms with E-state index in [1.165, 1.54) is 0 Å². The van der Waals surface area contributed by atoms with Crippen molar-refractivity contribution in [3.8, 4) is 5.75 Å². The average molecular weight is 278 g/mol. The van der Waals surface area contributed by atoms with Gasteiger partial charge in [0.15, 0.2) is 0 Å². The monoisotopic (exact) mass is 278 g/mol. The number of hydrogen-bond acceptors (Lipinski definition) is 3. The summed E-state index contributed by atoms with van der Waals surface area (Å²) in [5.74, 6) is -0.0645. The molecular formula is C14H18N2O4.